The molecule has 1 aliphatic heterocycles. The van der Waals surface area contributed by atoms with Crippen molar-refractivity contribution in [2.45, 2.75) is 31.2 Å². The summed E-state index contributed by atoms with van der Waals surface area (Å²) in [4.78, 5) is 11.3. The van der Waals surface area contributed by atoms with Crippen LogP contribution in [0.25, 0.3) is 0 Å². The van der Waals surface area contributed by atoms with Crippen LogP contribution in [-0.4, -0.2) is 19.2 Å². The number of carbonyl (C=O) groups excluding carboxylic acids is 1. The van der Waals surface area contributed by atoms with Crippen molar-refractivity contribution in [2.75, 3.05) is 7.11 Å². The molecule has 2 rings (SSSR count). The number of carbonyl (C=O) groups is 1. The number of alkyl halides is 3. The van der Waals surface area contributed by atoms with Crippen LogP contribution in [0, 0.1) is 0 Å². The molecule has 1 aromatic carbocycles. The minimum Gasteiger partial charge on any atom is -0.467 e. The van der Waals surface area contributed by atoms with Crippen LogP contribution in [-0.2, 0) is 20.4 Å². The highest BCUT2D eigenvalue weighted by molar-refractivity contribution is 5.74. The molecule has 0 aromatic heterocycles. The number of rotatable bonds is 2. The largest absolute Gasteiger partial charge is 0.467 e. The summed E-state index contributed by atoms with van der Waals surface area (Å²) in [5, 5.41) is 0. The Bertz CT molecular complexity index is 470. The van der Waals surface area contributed by atoms with Crippen LogP contribution in [0.3, 0.4) is 0 Å². The van der Waals surface area contributed by atoms with Crippen LogP contribution >= 0.6 is 0 Å². The first-order chi connectivity index (χ1) is 8.91. The standard InChI is InChI=1S/C13H13F3O3/c1-18-12(17)11-6-5-10(19-11)8-3-2-4-9(7-8)13(14,15)16/h2-4,7,10-11H,5-6H2,1H3/t10-,11-/m1/s1. The van der Waals surface area contributed by atoms with Crippen molar-refractivity contribution >= 4 is 5.97 Å². The Morgan fingerprint density at radius 1 is 1.37 bits per heavy atom. The summed E-state index contributed by atoms with van der Waals surface area (Å²) >= 11 is 0. The molecule has 3 nitrogen and oxygen atoms in total. The Hall–Kier alpha value is -1.56. The maximum atomic E-state index is 12.6. The number of hydrogen-bond acceptors (Lipinski definition) is 3. The molecule has 19 heavy (non-hydrogen) atoms. The molecule has 0 unspecified atom stereocenters. The van der Waals surface area contributed by atoms with Crippen molar-refractivity contribution in [1.29, 1.82) is 0 Å². The third-order valence-corrected chi connectivity index (χ3v) is 3.07. The van der Waals surface area contributed by atoms with Gasteiger partial charge in [-0.05, 0) is 30.5 Å². The van der Waals surface area contributed by atoms with Gasteiger partial charge in [0.2, 0.25) is 0 Å². The molecule has 0 N–H and O–H groups in total. The number of ether oxygens (including phenoxy) is 2. The maximum absolute atomic E-state index is 12.6. The van der Waals surface area contributed by atoms with Gasteiger partial charge in [-0.2, -0.15) is 13.2 Å². The SMILES string of the molecule is COC(=O)[C@H]1CC[C@H](c2cccc(C(F)(F)F)c2)O1. The molecular weight excluding hydrogens is 261 g/mol. The van der Waals surface area contributed by atoms with Crippen LogP contribution in [0.5, 0.6) is 0 Å². The van der Waals surface area contributed by atoms with E-state index in [2.05, 4.69) is 4.74 Å². The third-order valence-electron chi connectivity index (χ3n) is 3.07. The molecule has 1 saturated heterocycles. The van der Waals surface area contributed by atoms with Gasteiger partial charge in [0.05, 0.1) is 18.8 Å². The lowest BCUT2D eigenvalue weighted by Crippen LogP contribution is -2.21. The van der Waals surface area contributed by atoms with Crippen LogP contribution in [0.15, 0.2) is 24.3 Å². The Morgan fingerprint density at radius 2 is 2.11 bits per heavy atom. The lowest BCUT2D eigenvalue weighted by molar-refractivity contribution is -0.153. The van der Waals surface area contributed by atoms with Gasteiger partial charge in [-0.15, -0.1) is 0 Å². The zero-order valence-electron chi connectivity index (χ0n) is 10.2. The van der Waals surface area contributed by atoms with Gasteiger partial charge < -0.3 is 9.47 Å². The summed E-state index contributed by atoms with van der Waals surface area (Å²) in [6, 6.07) is 4.98. The fourth-order valence-corrected chi connectivity index (χ4v) is 2.10. The van der Waals surface area contributed by atoms with Crippen molar-refractivity contribution in [2.24, 2.45) is 0 Å². The molecular formula is C13H13F3O3. The number of esters is 1. The highest BCUT2D eigenvalue weighted by atomic mass is 19.4. The van der Waals surface area contributed by atoms with Gasteiger partial charge in [0.1, 0.15) is 0 Å². The van der Waals surface area contributed by atoms with Gasteiger partial charge >= 0.3 is 12.1 Å². The molecule has 1 fully saturated rings. The monoisotopic (exact) mass is 274 g/mol. The summed E-state index contributed by atoms with van der Waals surface area (Å²) in [7, 11) is 1.25. The predicted octanol–water partition coefficient (Wildman–Crippen LogP) is 3.10. The normalized spacial score (nSPS) is 23.4. The van der Waals surface area contributed by atoms with Crippen LogP contribution in [0.4, 0.5) is 13.2 Å². The third kappa shape index (κ3) is 3.07. The van der Waals surface area contributed by atoms with Crippen LogP contribution in [0.1, 0.15) is 30.1 Å². The molecule has 0 amide bonds. The molecule has 0 radical (unpaired) electrons. The Labute approximate surface area is 108 Å². The molecule has 0 spiro atoms. The van der Waals surface area contributed by atoms with E-state index in [0.29, 0.717) is 18.4 Å². The van der Waals surface area contributed by atoms with Gasteiger partial charge in [0.15, 0.2) is 6.10 Å². The minimum absolute atomic E-state index is 0.432. The van der Waals surface area contributed by atoms with E-state index >= 15 is 0 Å². The minimum atomic E-state index is -4.38. The van der Waals surface area contributed by atoms with Crippen LogP contribution in [0.2, 0.25) is 0 Å². The number of halogens is 3. The van der Waals surface area contributed by atoms with E-state index in [1.807, 2.05) is 0 Å². The summed E-state index contributed by atoms with van der Waals surface area (Å²) < 4.78 is 47.8. The summed E-state index contributed by atoms with van der Waals surface area (Å²) in [6.07, 6.45) is -4.61. The van der Waals surface area contributed by atoms with E-state index in [1.54, 1.807) is 6.07 Å². The second-order valence-electron chi connectivity index (χ2n) is 4.34. The zero-order chi connectivity index (χ0) is 14.0. The molecule has 6 heteroatoms. The van der Waals surface area contributed by atoms with E-state index in [-0.39, 0.29) is 0 Å². The van der Waals surface area contributed by atoms with Gasteiger partial charge in [-0.1, -0.05) is 12.1 Å². The Morgan fingerprint density at radius 3 is 2.74 bits per heavy atom. The van der Waals surface area contributed by atoms with Gasteiger partial charge in [0, 0.05) is 0 Å². The van der Waals surface area contributed by atoms with E-state index < -0.39 is 29.9 Å². The van der Waals surface area contributed by atoms with Gasteiger partial charge in [-0.25, -0.2) is 4.79 Å². The second-order valence-corrected chi connectivity index (χ2v) is 4.34. The van der Waals surface area contributed by atoms with Gasteiger partial charge in [-0.3, -0.25) is 0 Å². The highest BCUT2D eigenvalue weighted by Gasteiger charge is 2.34. The average Bonchev–Trinajstić information content (AvgIpc) is 2.86. The highest BCUT2D eigenvalue weighted by Crippen LogP contribution is 2.36. The van der Waals surface area contributed by atoms with Crippen molar-refractivity contribution < 1.29 is 27.4 Å². The van der Waals surface area contributed by atoms with Crippen molar-refractivity contribution in [3.8, 4) is 0 Å². The smallest absolute Gasteiger partial charge is 0.416 e. The Kier molecular flexibility index (Phi) is 3.80. The first-order valence-corrected chi connectivity index (χ1v) is 5.82. The predicted molar refractivity (Wildman–Crippen MR) is 60.3 cm³/mol. The second kappa shape index (κ2) is 5.21. The van der Waals surface area contributed by atoms with Gasteiger partial charge in [0.25, 0.3) is 0 Å². The van der Waals surface area contributed by atoms with Crippen molar-refractivity contribution in [1.82, 2.24) is 0 Å². The molecule has 1 aliphatic rings. The number of hydrogen-bond donors (Lipinski definition) is 0. The quantitative estimate of drug-likeness (QED) is 0.777. The van der Waals surface area contributed by atoms with E-state index in [0.717, 1.165) is 12.1 Å². The maximum Gasteiger partial charge on any atom is 0.416 e. The molecule has 104 valence electrons. The lowest BCUT2D eigenvalue weighted by atomic mass is 10.0. The molecule has 0 aliphatic carbocycles. The van der Waals surface area contributed by atoms with E-state index in [4.69, 9.17) is 4.74 Å². The molecule has 0 saturated carbocycles. The lowest BCUT2D eigenvalue weighted by Gasteiger charge is -2.14. The average molecular weight is 274 g/mol. The fourth-order valence-electron chi connectivity index (χ4n) is 2.10. The molecule has 0 bridgehead atoms. The molecule has 2 atom stereocenters. The summed E-state index contributed by atoms with van der Waals surface area (Å²) in [5.74, 6) is -0.491. The number of benzene rings is 1. The molecule has 1 heterocycles. The first-order valence-electron chi connectivity index (χ1n) is 5.82. The zero-order valence-corrected chi connectivity index (χ0v) is 10.2. The number of methoxy groups -OCH3 is 1. The van der Waals surface area contributed by atoms with E-state index in [1.165, 1.54) is 13.2 Å². The van der Waals surface area contributed by atoms with E-state index in [9.17, 15) is 18.0 Å². The van der Waals surface area contributed by atoms with Crippen LogP contribution < -0.4 is 0 Å². The molecule has 1 aromatic rings. The topological polar surface area (TPSA) is 35.5 Å². The van der Waals surface area contributed by atoms with Crippen molar-refractivity contribution in [3.05, 3.63) is 35.4 Å². The first kappa shape index (κ1) is 13.9. The summed E-state index contributed by atoms with van der Waals surface area (Å²) in [6.45, 7) is 0. The summed E-state index contributed by atoms with van der Waals surface area (Å²) in [5.41, 5.74) is -0.281. The fraction of sp³-hybridized carbons (Fsp3) is 0.462. The van der Waals surface area contributed by atoms with Crippen molar-refractivity contribution in [3.63, 3.8) is 0 Å². The Balaban J connectivity index is 2.14.